The monoisotopic (exact) mass is 255 g/mol. The fourth-order valence-corrected chi connectivity index (χ4v) is 1.39. The summed E-state index contributed by atoms with van der Waals surface area (Å²) in [5.74, 6) is 0.0811. The van der Waals surface area contributed by atoms with Gasteiger partial charge in [-0.05, 0) is 20.8 Å². The Morgan fingerprint density at radius 2 is 2.28 bits per heavy atom. The van der Waals surface area contributed by atoms with Gasteiger partial charge in [0.15, 0.2) is 0 Å². The molecule has 0 aliphatic carbocycles. The van der Waals surface area contributed by atoms with Gasteiger partial charge < -0.3 is 15.8 Å². The number of ether oxygens (including phenoxy) is 1. The molecule has 1 rings (SSSR count). The Balaban J connectivity index is 2.83. The molecule has 0 unspecified atom stereocenters. The number of nitrogens with two attached hydrogens (primary N) is 1. The van der Waals surface area contributed by atoms with E-state index in [1.807, 2.05) is 20.8 Å². The topological polar surface area (TPSA) is 116 Å². The fourth-order valence-electron chi connectivity index (χ4n) is 1.39. The molecule has 0 amide bonds. The molecule has 8 nitrogen and oxygen atoms in total. The molecular weight excluding hydrogens is 238 g/mol. The third-order valence-corrected chi connectivity index (χ3v) is 2.20. The highest BCUT2D eigenvalue weighted by molar-refractivity contribution is 5.56. The number of hydrogen-bond donors (Lipinski definition) is 2. The molecule has 0 aliphatic rings. The first-order chi connectivity index (χ1) is 8.35. The average molecular weight is 255 g/mol. The van der Waals surface area contributed by atoms with Crippen LogP contribution in [0.5, 0.6) is 0 Å². The van der Waals surface area contributed by atoms with Gasteiger partial charge in [0.05, 0.1) is 10.5 Å². The van der Waals surface area contributed by atoms with Gasteiger partial charge in [-0.3, -0.25) is 10.1 Å². The van der Waals surface area contributed by atoms with Crippen LogP contribution in [0.25, 0.3) is 0 Å². The molecular formula is C10H17N5O3. The molecule has 0 fully saturated rings. The molecule has 0 saturated heterocycles. The molecule has 1 aromatic rings. The molecule has 0 aromatic carbocycles. The van der Waals surface area contributed by atoms with Gasteiger partial charge >= 0.3 is 5.69 Å². The van der Waals surface area contributed by atoms with Crippen LogP contribution in [0, 0.1) is 10.1 Å². The van der Waals surface area contributed by atoms with Crippen molar-refractivity contribution in [1.29, 1.82) is 0 Å². The summed E-state index contributed by atoms with van der Waals surface area (Å²) in [7, 11) is 0. The minimum atomic E-state index is -0.560. The number of hydrogen-bond acceptors (Lipinski definition) is 7. The van der Waals surface area contributed by atoms with Crippen molar-refractivity contribution in [3.8, 4) is 0 Å². The van der Waals surface area contributed by atoms with Gasteiger partial charge in [0.2, 0.25) is 11.8 Å². The van der Waals surface area contributed by atoms with E-state index in [2.05, 4.69) is 15.3 Å². The third-order valence-electron chi connectivity index (χ3n) is 2.20. The van der Waals surface area contributed by atoms with Crippen LogP contribution in [0.3, 0.4) is 0 Å². The largest absolute Gasteiger partial charge is 0.374 e. The number of rotatable bonds is 6. The molecule has 100 valence electrons. The first kappa shape index (κ1) is 14.1. The van der Waals surface area contributed by atoms with Gasteiger partial charge in [0.25, 0.3) is 0 Å². The number of nitro groups is 1. The van der Waals surface area contributed by atoms with Gasteiger partial charge in [-0.15, -0.1) is 0 Å². The molecule has 1 heterocycles. The number of nitrogens with one attached hydrogen (secondary N) is 1. The normalized spacial score (nSPS) is 11.3. The summed E-state index contributed by atoms with van der Waals surface area (Å²) < 4.78 is 5.47. The van der Waals surface area contributed by atoms with Crippen molar-refractivity contribution in [2.75, 3.05) is 24.2 Å². The Morgan fingerprint density at radius 3 is 2.83 bits per heavy atom. The van der Waals surface area contributed by atoms with Crippen LogP contribution >= 0.6 is 0 Å². The van der Waals surface area contributed by atoms with E-state index in [-0.39, 0.29) is 17.5 Å². The molecule has 0 radical (unpaired) electrons. The summed E-state index contributed by atoms with van der Waals surface area (Å²) in [5, 5.41) is 13.7. The predicted molar refractivity (Wildman–Crippen MR) is 67.3 cm³/mol. The number of nitrogen functional groups attached to an aromatic ring is 1. The summed E-state index contributed by atoms with van der Waals surface area (Å²) in [4.78, 5) is 17.6. The van der Waals surface area contributed by atoms with Gasteiger partial charge in [-0.2, -0.15) is 4.98 Å². The molecule has 3 N–H and O–H groups in total. The van der Waals surface area contributed by atoms with E-state index in [1.165, 1.54) is 0 Å². The Labute approximate surface area is 105 Å². The van der Waals surface area contributed by atoms with Crippen LogP contribution in [-0.4, -0.2) is 33.6 Å². The zero-order valence-electron chi connectivity index (χ0n) is 10.6. The van der Waals surface area contributed by atoms with Crippen LogP contribution in [0.4, 0.5) is 17.5 Å². The molecule has 0 aliphatic heterocycles. The average Bonchev–Trinajstić information content (AvgIpc) is 2.26. The van der Waals surface area contributed by atoms with Gasteiger partial charge in [0.1, 0.15) is 6.20 Å². The maximum absolute atomic E-state index is 10.8. The lowest BCUT2D eigenvalue weighted by molar-refractivity contribution is -0.384. The Kier molecular flexibility index (Phi) is 4.38. The Bertz CT molecular complexity index is 436. The van der Waals surface area contributed by atoms with Crippen molar-refractivity contribution < 1.29 is 9.66 Å². The minimum Gasteiger partial charge on any atom is -0.374 e. The molecule has 0 atom stereocenters. The fraction of sp³-hybridized carbons (Fsp3) is 0.600. The van der Waals surface area contributed by atoms with Crippen molar-refractivity contribution in [3.63, 3.8) is 0 Å². The highest BCUT2D eigenvalue weighted by Gasteiger charge is 2.21. The van der Waals surface area contributed by atoms with Crippen molar-refractivity contribution in [2.24, 2.45) is 0 Å². The Morgan fingerprint density at radius 1 is 1.61 bits per heavy atom. The minimum absolute atomic E-state index is 0.0164. The lowest BCUT2D eigenvalue weighted by atomic mass is 10.1. The zero-order chi connectivity index (χ0) is 13.8. The second-order valence-corrected chi connectivity index (χ2v) is 4.27. The van der Waals surface area contributed by atoms with E-state index in [4.69, 9.17) is 10.5 Å². The maximum atomic E-state index is 10.8. The van der Waals surface area contributed by atoms with E-state index in [9.17, 15) is 10.1 Å². The van der Waals surface area contributed by atoms with Gasteiger partial charge in [-0.1, -0.05) is 0 Å². The van der Waals surface area contributed by atoms with Crippen molar-refractivity contribution in [1.82, 2.24) is 9.97 Å². The summed E-state index contributed by atoms with van der Waals surface area (Å²) >= 11 is 0. The number of anilines is 2. The highest BCUT2D eigenvalue weighted by Crippen LogP contribution is 2.22. The molecule has 8 heteroatoms. The van der Waals surface area contributed by atoms with Crippen LogP contribution < -0.4 is 11.1 Å². The maximum Gasteiger partial charge on any atom is 0.329 e. The predicted octanol–water partition coefficient (Wildman–Crippen LogP) is 1.19. The summed E-state index contributed by atoms with van der Waals surface area (Å²) in [5.41, 5.74) is 4.74. The number of nitrogens with zero attached hydrogens (tertiary/aromatic N) is 3. The summed E-state index contributed by atoms with van der Waals surface area (Å²) in [6.07, 6.45) is 1.08. The second-order valence-electron chi connectivity index (χ2n) is 4.27. The standard InChI is InChI=1S/C10H17N5O3/c1-4-18-10(2,3)6-13-8-7(15(16)17)5-12-9(11)14-8/h5H,4,6H2,1-3H3,(H3,11,12,13,14). The van der Waals surface area contributed by atoms with Gasteiger partial charge in [-0.25, -0.2) is 4.98 Å². The van der Waals surface area contributed by atoms with Crippen LogP contribution in [0.2, 0.25) is 0 Å². The highest BCUT2D eigenvalue weighted by atomic mass is 16.6. The first-order valence-electron chi connectivity index (χ1n) is 5.50. The van der Waals surface area contributed by atoms with E-state index in [0.29, 0.717) is 13.2 Å². The first-order valence-corrected chi connectivity index (χ1v) is 5.50. The molecule has 1 aromatic heterocycles. The molecule has 0 saturated carbocycles. The lowest BCUT2D eigenvalue weighted by Gasteiger charge is -2.24. The van der Waals surface area contributed by atoms with E-state index in [0.717, 1.165) is 6.20 Å². The molecule has 0 bridgehead atoms. The summed E-state index contributed by atoms with van der Waals surface area (Å²) in [6, 6.07) is 0. The second kappa shape index (κ2) is 5.58. The lowest BCUT2D eigenvalue weighted by Crippen LogP contribution is -2.33. The van der Waals surface area contributed by atoms with Crippen molar-refractivity contribution in [3.05, 3.63) is 16.3 Å². The van der Waals surface area contributed by atoms with Crippen LogP contribution in [0.1, 0.15) is 20.8 Å². The molecule has 0 spiro atoms. The summed E-state index contributed by atoms with van der Waals surface area (Å²) in [6.45, 7) is 6.56. The Hall–Kier alpha value is -1.96. The smallest absolute Gasteiger partial charge is 0.329 e. The zero-order valence-corrected chi connectivity index (χ0v) is 10.6. The van der Waals surface area contributed by atoms with E-state index in [1.54, 1.807) is 0 Å². The van der Waals surface area contributed by atoms with E-state index >= 15 is 0 Å². The number of aromatic nitrogens is 2. The molecule has 18 heavy (non-hydrogen) atoms. The van der Waals surface area contributed by atoms with Crippen LogP contribution in [-0.2, 0) is 4.74 Å². The SMILES string of the molecule is CCOC(C)(C)CNc1nc(N)ncc1[N+](=O)[O-]. The van der Waals surface area contributed by atoms with Crippen LogP contribution in [0.15, 0.2) is 6.20 Å². The van der Waals surface area contributed by atoms with E-state index < -0.39 is 10.5 Å². The van der Waals surface area contributed by atoms with Gasteiger partial charge in [0, 0.05) is 13.2 Å². The van der Waals surface area contributed by atoms with Crippen molar-refractivity contribution >= 4 is 17.5 Å². The van der Waals surface area contributed by atoms with Crippen molar-refractivity contribution in [2.45, 2.75) is 26.4 Å². The quantitative estimate of drug-likeness (QED) is 0.579. The third kappa shape index (κ3) is 3.81.